The first-order chi connectivity index (χ1) is 13.9. The van der Waals surface area contributed by atoms with Crippen LogP contribution in [0.4, 0.5) is 0 Å². The van der Waals surface area contributed by atoms with Crippen molar-refractivity contribution >= 4 is 5.71 Å². The van der Waals surface area contributed by atoms with Gasteiger partial charge in [0.2, 0.25) is 0 Å². The van der Waals surface area contributed by atoms with Gasteiger partial charge in [-0.05, 0) is 64.8 Å². The summed E-state index contributed by atoms with van der Waals surface area (Å²) in [6.07, 6.45) is 6.43. The zero-order valence-corrected chi connectivity index (χ0v) is 21.0. The molecule has 4 nitrogen and oxygen atoms in total. The number of aliphatic imine (C=N–C) groups is 1. The minimum atomic E-state index is 0.845. The SMILES string of the molecule is CC.CC.CC.CC1=NC(C)=C(C)C1.Cc1ncc(C)c(C)n1.c1ccncc1. The summed E-state index contributed by atoms with van der Waals surface area (Å²) in [6, 6.07) is 5.72. The van der Waals surface area contributed by atoms with E-state index >= 15 is 0 Å². The Kier molecular flexibility index (Phi) is 23.7. The molecule has 0 unspecified atom stereocenters. The molecule has 0 atom stereocenters. The molecule has 0 saturated heterocycles. The van der Waals surface area contributed by atoms with Crippen molar-refractivity contribution in [1.82, 2.24) is 15.0 Å². The Hall–Kier alpha value is -2.36. The van der Waals surface area contributed by atoms with Crippen LogP contribution in [-0.4, -0.2) is 20.7 Å². The molecule has 1 aliphatic heterocycles. The van der Waals surface area contributed by atoms with E-state index in [1.54, 1.807) is 12.4 Å². The molecule has 0 spiro atoms. The van der Waals surface area contributed by atoms with Gasteiger partial charge >= 0.3 is 0 Å². The standard InChI is InChI=1S/C7H10N2.C7H11N.C5H5N.3C2H6/c1-5-4-8-7(3)9-6(5)2;1-5-4-6(2)8-7(5)3;1-2-4-6-5-3-1;3*1-2/h4H,1-3H3;4H2,1-3H3;1-5H;3*1-2H3. The summed E-state index contributed by atoms with van der Waals surface area (Å²) in [5, 5.41) is 0. The Morgan fingerprint density at radius 2 is 1.24 bits per heavy atom. The van der Waals surface area contributed by atoms with Crippen LogP contribution in [0, 0.1) is 20.8 Å². The van der Waals surface area contributed by atoms with Crippen LogP contribution in [0.2, 0.25) is 0 Å². The number of pyridine rings is 1. The lowest BCUT2D eigenvalue weighted by molar-refractivity contribution is 0.986. The molecule has 4 heteroatoms. The van der Waals surface area contributed by atoms with Crippen LogP contribution in [0.1, 0.15) is 85.8 Å². The van der Waals surface area contributed by atoms with E-state index in [-0.39, 0.29) is 0 Å². The highest BCUT2D eigenvalue weighted by atomic mass is 14.9. The molecule has 0 aliphatic carbocycles. The molecule has 3 rings (SSSR count). The van der Waals surface area contributed by atoms with E-state index in [9.17, 15) is 0 Å². The summed E-state index contributed by atoms with van der Waals surface area (Å²) in [5.41, 5.74) is 6.10. The van der Waals surface area contributed by atoms with E-state index in [1.165, 1.54) is 17.0 Å². The first-order valence-corrected chi connectivity index (χ1v) is 10.7. The third kappa shape index (κ3) is 17.5. The van der Waals surface area contributed by atoms with E-state index in [0.717, 1.165) is 23.5 Å². The third-order valence-electron chi connectivity index (χ3n) is 3.41. The Balaban J connectivity index is -0.000000313. The van der Waals surface area contributed by atoms with Gasteiger partial charge in [-0.25, -0.2) is 9.97 Å². The van der Waals surface area contributed by atoms with E-state index in [1.807, 2.05) is 86.7 Å². The molecule has 0 N–H and O–H groups in total. The summed E-state index contributed by atoms with van der Waals surface area (Å²) in [7, 11) is 0. The Morgan fingerprint density at radius 3 is 1.45 bits per heavy atom. The number of aryl methyl sites for hydroxylation is 3. The van der Waals surface area contributed by atoms with Crippen LogP contribution in [-0.2, 0) is 0 Å². The largest absolute Gasteiger partial charge is 0.265 e. The fourth-order valence-electron chi connectivity index (χ4n) is 1.89. The Bertz CT molecular complexity index is 648. The second-order valence-corrected chi connectivity index (χ2v) is 5.60. The van der Waals surface area contributed by atoms with Gasteiger partial charge in [0.1, 0.15) is 5.82 Å². The summed E-state index contributed by atoms with van der Waals surface area (Å²) in [4.78, 5) is 16.2. The Labute approximate surface area is 180 Å². The lowest BCUT2D eigenvalue weighted by atomic mass is 10.2. The summed E-state index contributed by atoms with van der Waals surface area (Å²) in [5.74, 6) is 0.845. The molecule has 0 saturated carbocycles. The maximum atomic E-state index is 4.27. The van der Waals surface area contributed by atoms with Crippen molar-refractivity contribution in [1.29, 1.82) is 0 Å². The fourth-order valence-corrected chi connectivity index (χ4v) is 1.89. The van der Waals surface area contributed by atoms with Crippen LogP contribution < -0.4 is 0 Å². The van der Waals surface area contributed by atoms with Gasteiger partial charge in [-0.15, -0.1) is 0 Å². The van der Waals surface area contributed by atoms with Gasteiger partial charge in [-0.3, -0.25) is 9.98 Å². The van der Waals surface area contributed by atoms with E-state index in [0.29, 0.717) is 0 Å². The summed E-state index contributed by atoms with van der Waals surface area (Å²) < 4.78 is 0. The quantitative estimate of drug-likeness (QED) is 0.455. The summed E-state index contributed by atoms with van der Waals surface area (Å²) in [6.45, 7) is 24.2. The smallest absolute Gasteiger partial charge is 0.125 e. The topological polar surface area (TPSA) is 51.0 Å². The van der Waals surface area contributed by atoms with Gasteiger partial charge in [0.15, 0.2) is 0 Å². The van der Waals surface area contributed by atoms with Crippen molar-refractivity contribution in [2.75, 3.05) is 0 Å². The minimum Gasteiger partial charge on any atom is -0.265 e. The normalized spacial score (nSPS) is 10.7. The van der Waals surface area contributed by atoms with Crippen LogP contribution in [0.5, 0.6) is 0 Å². The van der Waals surface area contributed by atoms with E-state index < -0.39 is 0 Å². The molecule has 0 radical (unpaired) electrons. The highest BCUT2D eigenvalue weighted by molar-refractivity contribution is 5.87. The van der Waals surface area contributed by atoms with Crippen LogP contribution in [0.25, 0.3) is 0 Å². The third-order valence-corrected chi connectivity index (χ3v) is 3.41. The maximum absolute atomic E-state index is 4.27. The predicted molar refractivity (Wildman–Crippen MR) is 131 cm³/mol. The first kappa shape index (κ1) is 31.3. The van der Waals surface area contributed by atoms with E-state index in [2.05, 4.69) is 40.7 Å². The van der Waals surface area contributed by atoms with Gasteiger partial charge in [-0.2, -0.15) is 0 Å². The van der Waals surface area contributed by atoms with Crippen molar-refractivity contribution in [2.24, 2.45) is 4.99 Å². The van der Waals surface area contributed by atoms with Crippen LogP contribution >= 0.6 is 0 Å². The van der Waals surface area contributed by atoms with Crippen molar-refractivity contribution in [2.45, 2.75) is 89.5 Å². The van der Waals surface area contributed by atoms with Crippen LogP contribution in [0.3, 0.4) is 0 Å². The Morgan fingerprint density at radius 1 is 0.724 bits per heavy atom. The van der Waals surface area contributed by atoms with Gasteiger partial charge in [0.05, 0.1) is 0 Å². The average molecular weight is 401 g/mol. The predicted octanol–water partition coefficient (Wildman–Crippen LogP) is 7.71. The summed E-state index contributed by atoms with van der Waals surface area (Å²) >= 11 is 0. The zero-order valence-electron chi connectivity index (χ0n) is 21.0. The molecule has 0 amide bonds. The van der Waals surface area contributed by atoms with Gasteiger partial charge in [0.25, 0.3) is 0 Å². The molecule has 3 heterocycles. The first-order valence-electron chi connectivity index (χ1n) is 10.7. The number of aromatic nitrogens is 3. The zero-order chi connectivity index (χ0) is 23.2. The van der Waals surface area contributed by atoms with Crippen molar-refractivity contribution in [3.63, 3.8) is 0 Å². The monoisotopic (exact) mass is 400 g/mol. The second kappa shape index (κ2) is 21.9. The lowest BCUT2D eigenvalue weighted by Gasteiger charge is -1.96. The number of rotatable bonds is 0. The van der Waals surface area contributed by atoms with Crippen molar-refractivity contribution in [3.8, 4) is 0 Å². The highest BCUT2D eigenvalue weighted by Crippen LogP contribution is 2.17. The average Bonchev–Trinajstić information content (AvgIpc) is 3.07. The maximum Gasteiger partial charge on any atom is 0.125 e. The molecule has 0 fully saturated rings. The number of hydrogen-bond acceptors (Lipinski definition) is 4. The molecule has 164 valence electrons. The van der Waals surface area contributed by atoms with Crippen LogP contribution in [0.15, 0.2) is 53.1 Å². The molecular weight excluding hydrogens is 356 g/mol. The van der Waals surface area contributed by atoms with Crippen molar-refractivity contribution in [3.05, 3.63) is 65.1 Å². The lowest BCUT2D eigenvalue weighted by Crippen LogP contribution is -1.92. The number of hydrogen-bond donors (Lipinski definition) is 0. The van der Waals surface area contributed by atoms with Crippen molar-refractivity contribution < 1.29 is 0 Å². The highest BCUT2D eigenvalue weighted by Gasteiger charge is 2.04. The minimum absolute atomic E-state index is 0.845. The van der Waals surface area contributed by atoms with Gasteiger partial charge in [-0.1, -0.05) is 47.6 Å². The molecule has 0 bridgehead atoms. The number of allylic oxidation sites excluding steroid dienone is 2. The fraction of sp³-hybridized carbons (Fsp3) is 0.520. The molecule has 0 aromatic carbocycles. The molecule has 1 aliphatic rings. The number of nitrogens with zero attached hydrogens (tertiary/aromatic N) is 4. The molecule has 2 aromatic rings. The molecular formula is C25H44N4. The van der Waals surface area contributed by atoms with E-state index in [4.69, 9.17) is 0 Å². The second-order valence-electron chi connectivity index (χ2n) is 5.60. The van der Waals surface area contributed by atoms with Gasteiger partial charge in [0, 0.05) is 42.1 Å². The molecule has 29 heavy (non-hydrogen) atoms. The van der Waals surface area contributed by atoms with Gasteiger partial charge < -0.3 is 0 Å². The molecule has 2 aromatic heterocycles.